The fraction of sp³-hybridized carbons (Fsp3) is 0.444. The van der Waals surface area contributed by atoms with E-state index in [9.17, 15) is 24.6 Å². The van der Waals surface area contributed by atoms with Gasteiger partial charge in [0.2, 0.25) is 5.91 Å². The Morgan fingerprint density at radius 1 is 1.29 bits per heavy atom. The molecular formula is C9H19N3O5. The molecule has 0 saturated heterocycles. The van der Waals surface area contributed by atoms with Gasteiger partial charge >= 0.3 is 0 Å². The van der Waals surface area contributed by atoms with Crippen molar-refractivity contribution in [1.29, 1.82) is 0 Å². The second-order valence-corrected chi connectivity index (χ2v) is 2.90. The zero-order chi connectivity index (χ0) is 12.0. The van der Waals surface area contributed by atoms with Crippen LogP contribution in [0.2, 0.25) is 0 Å². The van der Waals surface area contributed by atoms with E-state index in [0.717, 1.165) is 11.0 Å². The van der Waals surface area contributed by atoms with Gasteiger partial charge in [0.05, 0.1) is 12.0 Å². The Hall–Kier alpha value is -1.93. The number of carboxylic acid groups (broad SMARTS) is 2. The van der Waals surface area contributed by atoms with Crippen LogP contribution in [0.5, 0.6) is 0 Å². The van der Waals surface area contributed by atoms with Crippen molar-refractivity contribution < 1.29 is 24.6 Å². The molecule has 8 nitrogen and oxygen atoms in total. The van der Waals surface area contributed by atoms with Crippen LogP contribution in [0.25, 0.3) is 0 Å². The molecule has 0 unspecified atom stereocenters. The number of hydrogen-bond donors (Lipinski definition) is 2. The Kier molecular flexibility index (Phi) is 11.2. The highest BCUT2D eigenvalue weighted by atomic mass is 16.4. The molecule has 1 amide bonds. The smallest absolute Gasteiger partial charge is 0.246 e. The predicted octanol–water partition coefficient (Wildman–Crippen LogP) is -1.97. The molecule has 0 aromatic heterocycles. The van der Waals surface area contributed by atoms with Crippen molar-refractivity contribution >= 4 is 17.8 Å². The molecule has 17 heavy (non-hydrogen) atoms. The number of carboxylic acids is 2. The van der Waals surface area contributed by atoms with Gasteiger partial charge in [0, 0.05) is 13.0 Å². The lowest BCUT2D eigenvalue weighted by atomic mass is 10.1. The van der Waals surface area contributed by atoms with E-state index in [1.54, 1.807) is 0 Å². The molecule has 1 atom stereocenters. The van der Waals surface area contributed by atoms with Crippen LogP contribution in [0.4, 0.5) is 0 Å². The SMILES string of the molecule is C=CC(=O)N(C)[C@@H](CCC(=O)[O-])C(=O)[O-].[NH4+].[NH4+]. The summed E-state index contributed by atoms with van der Waals surface area (Å²) in [5.74, 6) is -3.49. The normalized spacial score (nSPS) is 10.2. The fourth-order valence-corrected chi connectivity index (χ4v) is 1.02. The third-order valence-electron chi connectivity index (χ3n) is 1.88. The monoisotopic (exact) mass is 249 g/mol. The molecule has 0 spiro atoms. The highest BCUT2D eigenvalue weighted by molar-refractivity contribution is 5.90. The van der Waals surface area contributed by atoms with Crippen LogP contribution in [0.3, 0.4) is 0 Å². The van der Waals surface area contributed by atoms with E-state index in [-0.39, 0.29) is 18.7 Å². The first-order valence-corrected chi connectivity index (χ1v) is 4.20. The van der Waals surface area contributed by atoms with Crippen LogP contribution in [-0.4, -0.2) is 35.8 Å². The van der Waals surface area contributed by atoms with E-state index < -0.39 is 30.3 Å². The van der Waals surface area contributed by atoms with Crippen molar-refractivity contribution in [2.45, 2.75) is 18.9 Å². The molecule has 100 valence electrons. The van der Waals surface area contributed by atoms with Gasteiger partial charge in [-0.3, -0.25) is 4.79 Å². The summed E-state index contributed by atoms with van der Waals surface area (Å²) in [6.07, 6.45) is 0.239. The number of carbonyl (C=O) groups excluding carboxylic acids is 3. The van der Waals surface area contributed by atoms with Crippen molar-refractivity contribution in [2.24, 2.45) is 0 Å². The summed E-state index contributed by atoms with van der Waals surface area (Å²) in [4.78, 5) is 32.7. The maximum atomic E-state index is 11.1. The summed E-state index contributed by atoms with van der Waals surface area (Å²) in [5, 5.41) is 20.8. The van der Waals surface area contributed by atoms with Gasteiger partial charge in [-0.1, -0.05) is 6.58 Å². The van der Waals surface area contributed by atoms with Gasteiger partial charge < -0.3 is 37.0 Å². The third kappa shape index (κ3) is 7.03. The molecule has 0 rings (SSSR count). The molecule has 0 aliphatic rings. The third-order valence-corrected chi connectivity index (χ3v) is 1.88. The summed E-state index contributed by atoms with van der Waals surface area (Å²) in [5.41, 5.74) is 0. The first-order chi connectivity index (χ1) is 6.90. The minimum Gasteiger partial charge on any atom is -0.550 e. The van der Waals surface area contributed by atoms with Gasteiger partial charge in [0.1, 0.15) is 0 Å². The fourth-order valence-electron chi connectivity index (χ4n) is 1.02. The molecule has 0 aliphatic heterocycles. The molecule has 0 saturated carbocycles. The number of carbonyl (C=O) groups is 3. The number of hydrogen-bond acceptors (Lipinski definition) is 5. The molecule has 8 heteroatoms. The van der Waals surface area contributed by atoms with E-state index in [4.69, 9.17) is 0 Å². The van der Waals surface area contributed by atoms with Crippen LogP contribution in [0.15, 0.2) is 12.7 Å². The standard InChI is InChI=1S/C9H13NO5.2H3N/c1-3-7(11)10(2)6(9(14)15)4-5-8(12)13;;/h3,6H,1,4-5H2,2H3,(H,12,13)(H,14,15);2*1H3/t6-;;/m0../s1. The number of rotatable bonds is 6. The Balaban J connectivity index is -0.000000980. The van der Waals surface area contributed by atoms with Crippen LogP contribution in [0.1, 0.15) is 12.8 Å². The summed E-state index contributed by atoms with van der Waals surface area (Å²) >= 11 is 0. The topological polar surface area (TPSA) is 174 Å². The number of likely N-dealkylation sites (N-methyl/N-ethyl adjacent to an activating group) is 1. The van der Waals surface area contributed by atoms with Crippen molar-refractivity contribution in [3.8, 4) is 0 Å². The van der Waals surface area contributed by atoms with Gasteiger partial charge in [0.25, 0.3) is 0 Å². The highest BCUT2D eigenvalue weighted by Gasteiger charge is 2.18. The zero-order valence-electron chi connectivity index (χ0n) is 10.3. The first kappa shape index (κ1) is 20.5. The van der Waals surface area contributed by atoms with E-state index in [0.29, 0.717) is 0 Å². The van der Waals surface area contributed by atoms with Gasteiger partial charge in [-0.2, -0.15) is 0 Å². The quantitative estimate of drug-likeness (QED) is 0.518. The predicted molar refractivity (Wildman–Crippen MR) is 58.0 cm³/mol. The van der Waals surface area contributed by atoms with E-state index in [1.807, 2.05) is 0 Å². The molecular weight excluding hydrogens is 230 g/mol. The minimum atomic E-state index is -1.51. The lowest BCUT2D eigenvalue weighted by Crippen LogP contribution is -2.48. The van der Waals surface area contributed by atoms with E-state index in [2.05, 4.69) is 6.58 Å². The molecule has 0 aromatic carbocycles. The first-order valence-electron chi connectivity index (χ1n) is 4.20. The van der Waals surface area contributed by atoms with Gasteiger partial charge in [0.15, 0.2) is 0 Å². The second-order valence-electron chi connectivity index (χ2n) is 2.90. The summed E-state index contributed by atoms with van der Waals surface area (Å²) in [7, 11) is 1.24. The summed E-state index contributed by atoms with van der Waals surface area (Å²) in [6.45, 7) is 3.19. The van der Waals surface area contributed by atoms with Crippen molar-refractivity contribution in [2.75, 3.05) is 7.05 Å². The van der Waals surface area contributed by atoms with Crippen LogP contribution >= 0.6 is 0 Å². The lowest BCUT2D eigenvalue weighted by molar-refractivity contribution is -0.312. The molecule has 0 aromatic rings. The lowest BCUT2D eigenvalue weighted by Gasteiger charge is -2.28. The maximum absolute atomic E-state index is 11.1. The number of aliphatic carboxylic acids is 2. The largest absolute Gasteiger partial charge is 0.550 e. The van der Waals surface area contributed by atoms with Crippen molar-refractivity contribution in [3.05, 3.63) is 12.7 Å². The zero-order valence-corrected chi connectivity index (χ0v) is 10.3. The number of amides is 1. The van der Waals surface area contributed by atoms with Crippen LogP contribution in [-0.2, 0) is 14.4 Å². The average Bonchev–Trinajstić information content (AvgIpc) is 2.15. The van der Waals surface area contributed by atoms with Gasteiger partial charge in [-0.15, -0.1) is 0 Å². The van der Waals surface area contributed by atoms with E-state index >= 15 is 0 Å². The molecule has 0 radical (unpaired) electrons. The summed E-state index contributed by atoms with van der Waals surface area (Å²) < 4.78 is 0. The Labute approximate surface area is 99.1 Å². The Bertz CT molecular complexity index is 292. The molecule has 0 heterocycles. The van der Waals surface area contributed by atoms with Crippen LogP contribution < -0.4 is 22.5 Å². The van der Waals surface area contributed by atoms with Gasteiger partial charge in [-0.05, 0) is 18.9 Å². The Morgan fingerprint density at radius 2 is 1.76 bits per heavy atom. The molecule has 0 fully saturated rings. The molecule has 8 N–H and O–H groups in total. The second kappa shape index (κ2) is 9.31. The van der Waals surface area contributed by atoms with Crippen molar-refractivity contribution in [3.63, 3.8) is 0 Å². The molecule has 0 bridgehead atoms. The maximum Gasteiger partial charge on any atom is 0.246 e. The highest BCUT2D eigenvalue weighted by Crippen LogP contribution is 2.05. The minimum absolute atomic E-state index is 0. The van der Waals surface area contributed by atoms with Crippen molar-refractivity contribution in [1.82, 2.24) is 17.2 Å². The van der Waals surface area contributed by atoms with Gasteiger partial charge in [-0.25, -0.2) is 0 Å². The summed E-state index contributed by atoms with van der Waals surface area (Å²) in [6, 6.07) is -1.28. The number of nitrogens with zero attached hydrogens (tertiary/aromatic N) is 1. The average molecular weight is 249 g/mol. The van der Waals surface area contributed by atoms with E-state index in [1.165, 1.54) is 7.05 Å². The number of quaternary nitrogens is 2. The Morgan fingerprint density at radius 3 is 2.06 bits per heavy atom. The van der Waals surface area contributed by atoms with Crippen LogP contribution in [0, 0.1) is 0 Å². The molecule has 0 aliphatic carbocycles.